The lowest BCUT2D eigenvalue weighted by Gasteiger charge is -2.24. The lowest BCUT2D eigenvalue weighted by Crippen LogP contribution is -2.54. The molecule has 1 aromatic carbocycles. The second kappa shape index (κ2) is 21.6. The number of nitrogens with zero attached hydrogens (tertiary/aromatic N) is 1. The Hall–Kier alpha value is -4.18. The Bertz CT molecular complexity index is 1250. The molecule has 1 heterocycles. The van der Waals surface area contributed by atoms with E-state index in [1.807, 2.05) is 0 Å². The summed E-state index contributed by atoms with van der Waals surface area (Å²) in [7, 11) is 0. The SMILES string of the molecule is CC(C)C(=O)OCc1ccc(NC(=O)[C@H](C)NC(=O)[C@@H](NC(=O)COCCOCCOCCOCCN2C(=O)C=CC2=O)C(C)C)cc1.[HH].[HH].[HH]. The molecule has 272 valence electrons. The molecule has 2 atom stereocenters. The number of esters is 1. The predicted molar refractivity (Wildman–Crippen MR) is 180 cm³/mol. The molecule has 5 amide bonds. The Morgan fingerprint density at radius 2 is 1.27 bits per heavy atom. The van der Waals surface area contributed by atoms with Crippen LogP contribution in [0.4, 0.5) is 5.69 Å². The second-order valence-electron chi connectivity index (χ2n) is 11.5. The van der Waals surface area contributed by atoms with Crippen molar-refractivity contribution in [2.24, 2.45) is 11.8 Å². The van der Waals surface area contributed by atoms with Crippen molar-refractivity contribution in [3.8, 4) is 0 Å². The molecule has 0 aromatic heterocycles. The van der Waals surface area contributed by atoms with E-state index in [9.17, 15) is 28.8 Å². The molecule has 0 fully saturated rings. The van der Waals surface area contributed by atoms with Gasteiger partial charge in [0.15, 0.2) is 0 Å². The lowest BCUT2D eigenvalue weighted by molar-refractivity contribution is -0.148. The Labute approximate surface area is 285 Å². The van der Waals surface area contributed by atoms with Gasteiger partial charge in [0, 0.05) is 22.1 Å². The topological polar surface area (TPSA) is 188 Å². The average molecular weight is 683 g/mol. The summed E-state index contributed by atoms with van der Waals surface area (Å²) in [5.41, 5.74) is 1.28. The van der Waals surface area contributed by atoms with Gasteiger partial charge in [0.1, 0.15) is 25.3 Å². The maximum atomic E-state index is 12.9. The molecular formula is C33H54N4O11. The van der Waals surface area contributed by atoms with Crippen molar-refractivity contribution >= 4 is 41.2 Å². The van der Waals surface area contributed by atoms with E-state index in [0.717, 1.165) is 10.5 Å². The molecule has 1 aliphatic rings. The number of ether oxygens (including phenoxy) is 5. The molecule has 0 radical (unpaired) electrons. The third-order valence-electron chi connectivity index (χ3n) is 6.80. The van der Waals surface area contributed by atoms with E-state index in [-0.39, 0.29) is 73.5 Å². The van der Waals surface area contributed by atoms with Crippen molar-refractivity contribution in [1.82, 2.24) is 15.5 Å². The number of hydrogen-bond acceptors (Lipinski definition) is 11. The van der Waals surface area contributed by atoms with Gasteiger partial charge in [0.2, 0.25) is 17.7 Å². The minimum Gasteiger partial charge on any atom is -0.461 e. The largest absolute Gasteiger partial charge is 0.461 e. The van der Waals surface area contributed by atoms with Crippen molar-refractivity contribution in [3.05, 3.63) is 42.0 Å². The predicted octanol–water partition coefficient (Wildman–Crippen LogP) is 1.70. The molecule has 0 aliphatic carbocycles. The summed E-state index contributed by atoms with van der Waals surface area (Å²) in [6.07, 6.45) is 2.45. The molecule has 48 heavy (non-hydrogen) atoms. The minimum atomic E-state index is -0.885. The molecule has 15 nitrogen and oxygen atoms in total. The minimum absolute atomic E-state index is 0. The Morgan fingerprint density at radius 3 is 1.81 bits per heavy atom. The van der Waals surface area contributed by atoms with E-state index < -0.39 is 29.8 Å². The van der Waals surface area contributed by atoms with Crippen LogP contribution in [-0.2, 0) is 59.1 Å². The summed E-state index contributed by atoms with van der Waals surface area (Å²) in [5.74, 6) is -2.90. The van der Waals surface area contributed by atoms with Gasteiger partial charge in [-0.25, -0.2) is 0 Å². The van der Waals surface area contributed by atoms with Gasteiger partial charge in [-0.15, -0.1) is 0 Å². The normalized spacial score (nSPS) is 13.9. The molecule has 0 saturated carbocycles. The van der Waals surface area contributed by atoms with Gasteiger partial charge < -0.3 is 39.6 Å². The number of amides is 5. The second-order valence-corrected chi connectivity index (χ2v) is 11.5. The fourth-order valence-electron chi connectivity index (χ4n) is 4.01. The van der Waals surface area contributed by atoms with Crippen LogP contribution in [0.2, 0.25) is 0 Å². The maximum absolute atomic E-state index is 12.9. The van der Waals surface area contributed by atoms with Gasteiger partial charge >= 0.3 is 5.97 Å². The van der Waals surface area contributed by atoms with Crippen LogP contribution < -0.4 is 16.0 Å². The van der Waals surface area contributed by atoms with Gasteiger partial charge in [-0.2, -0.15) is 0 Å². The molecule has 15 heteroatoms. The zero-order valence-electron chi connectivity index (χ0n) is 28.3. The molecule has 3 N–H and O–H groups in total. The average Bonchev–Trinajstić information content (AvgIpc) is 3.37. The number of benzene rings is 1. The van der Waals surface area contributed by atoms with Crippen molar-refractivity contribution < 1.29 is 56.7 Å². The smallest absolute Gasteiger partial charge is 0.308 e. The number of imide groups is 1. The van der Waals surface area contributed by atoms with Crippen molar-refractivity contribution in [1.29, 1.82) is 0 Å². The first-order valence-corrected chi connectivity index (χ1v) is 15.9. The molecule has 1 aromatic rings. The van der Waals surface area contributed by atoms with E-state index in [2.05, 4.69) is 16.0 Å². The molecular weight excluding hydrogens is 628 g/mol. The van der Waals surface area contributed by atoms with E-state index in [4.69, 9.17) is 23.7 Å². The first-order valence-electron chi connectivity index (χ1n) is 15.9. The standard InChI is InChI=1S/C33H48N4O11.3H2/c1-22(2)30(32(42)34-24(5)31(41)35-26-8-6-25(7-9-26)20-48-33(43)23(3)4)36-27(38)21-47-19-18-46-17-16-45-15-14-44-13-12-37-28(39)10-11-29(37)40;;;/h6-11,22-24,30H,12-21H2,1-5H3,(H,34,42)(H,35,41)(H,36,38);3*1H/t24-,30-;;;/m0.../s1. The number of anilines is 1. The summed E-state index contributed by atoms with van der Waals surface area (Å²) in [5, 5.41) is 8.01. The molecule has 1 aliphatic heterocycles. The van der Waals surface area contributed by atoms with Crippen LogP contribution >= 0.6 is 0 Å². The molecule has 0 saturated heterocycles. The summed E-state index contributed by atoms with van der Waals surface area (Å²) >= 11 is 0. The van der Waals surface area contributed by atoms with Gasteiger partial charge in [-0.05, 0) is 30.5 Å². The van der Waals surface area contributed by atoms with Crippen LogP contribution in [0.25, 0.3) is 0 Å². The number of carbonyl (C=O) groups is 6. The zero-order chi connectivity index (χ0) is 35.5. The molecule has 0 unspecified atom stereocenters. The molecule has 0 bridgehead atoms. The molecule has 2 rings (SSSR count). The third kappa shape index (κ3) is 15.2. The maximum Gasteiger partial charge on any atom is 0.308 e. The first kappa shape index (κ1) is 40.0. The fourth-order valence-corrected chi connectivity index (χ4v) is 4.01. The highest BCUT2D eigenvalue weighted by molar-refractivity contribution is 6.12. The number of rotatable bonds is 23. The zero-order valence-corrected chi connectivity index (χ0v) is 28.3. The van der Waals surface area contributed by atoms with E-state index in [1.54, 1.807) is 52.0 Å². The van der Waals surface area contributed by atoms with Gasteiger partial charge in [-0.3, -0.25) is 33.7 Å². The quantitative estimate of drug-likeness (QED) is 0.0866. The van der Waals surface area contributed by atoms with Crippen molar-refractivity contribution in [3.63, 3.8) is 0 Å². The van der Waals surface area contributed by atoms with Crippen molar-refractivity contribution in [2.75, 3.05) is 64.7 Å². The summed E-state index contributed by atoms with van der Waals surface area (Å²) in [6, 6.07) is 5.03. The van der Waals surface area contributed by atoms with Crippen LogP contribution in [0, 0.1) is 11.8 Å². The monoisotopic (exact) mass is 682 g/mol. The number of nitrogens with one attached hydrogen (secondary N) is 3. The third-order valence-corrected chi connectivity index (χ3v) is 6.80. The van der Waals surface area contributed by atoms with Crippen LogP contribution in [-0.4, -0.2) is 112 Å². The van der Waals surface area contributed by atoms with E-state index >= 15 is 0 Å². The van der Waals surface area contributed by atoms with Crippen LogP contribution in [0.15, 0.2) is 36.4 Å². The van der Waals surface area contributed by atoms with Gasteiger partial charge in [-0.1, -0.05) is 39.8 Å². The Morgan fingerprint density at radius 1 is 0.729 bits per heavy atom. The van der Waals surface area contributed by atoms with E-state index in [1.165, 1.54) is 19.1 Å². The van der Waals surface area contributed by atoms with Crippen molar-refractivity contribution in [2.45, 2.75) is 53.3 Å². The summed E-state index contributed by atoms with van der Waals surface area (Å²) in [4.78, 5) is 73.6. The van der Waals surface area contributed by atoms with Gasteiger partial charge in [0.05, 0.1) is 58.7 Å². The number of hydrogen-bond donors (Lipinski definition) is 3. The van der Waals surface area contributed by atoms with Crippen LogP contribution in [0.3, 0.4) is 0 Å². The number of carbonyl (C=O) groups excluding carboxylic acids is 6. The summed E-state index contributed by atoms with van der Waals surface area (Å²) < 4.78 is 26.7. The lowest BCUT2D eigenvalue weighted by atomic mass is 10.0. The van der Waals surface area contributed by atoms with Crippen LogP contribution in [0.1, 0.15) is 44.5 Å². The summed E-state index contributed by atoms with van der Waals surface area (Å²) in [6.45, 7) is 10.5. The first-order chi connectivity index (χ1) is 22.9. The van der Waals surface area contributed by atoms with Crippen LogP contribution in [0.5, 0.6) is 0 Å². The fraction of sp³-hybridized carbons (Fsp3) is 0.576. The highest BCUT2D eigenvalue weighted by Crippen LogP contribution is 2.12. The molecule has 0 spiro atoms. The highest BCUT2D eigenvalue weighted by Gasteiger charge is 2.27. The Balaban J connectivity index is 0. The Kier molecular flexibility index (Phi) is 18.0. The van der Waals surface area contributed by atoms with Gasteiger partial charge in [0.25, 0.3) is 11.8 Å². The highest BCUT2D eigenvalue weighted by atomic mass is 16.6. The van der Waals surface area contributed by atoms with E-state index in [0.29, 0.717) is 32.1 Å².